The molecule has 0 aliphatic carbocycles. The van der Waals surface area contributed by atoms with E-state index >= 15 is 0 Å². The highest BCUT2D eigenvalue weighted by Crippen LogP contribution is 2.38. The fraction of sp³-hybridized carbons (Fsp3) is 0.364. The Bertz CT molecular complexity index is 902. The van der Waals surface area contributed by atoms with Crippen LogP contribution in [0.1, 0.15) is 38.8 Å². The van der Waals surface area contributed by atoms with Crippen molar-refractivity contribution in [1.82, 2.24) is 10.3 Å². The molecule has 1 N–H and O–H groups in total. The third kappa shape index (κ3) is 5.62. The number of amides is 1. The quantitative estimate of drug-likeness (QED) is 0.677. The second-order valence-electron chi connectivity index (χ2n) is 8.16. The summed E-state index contributed by atoms with van der Waals surface area (Å²) in [6, 6.07) is 11.3. The van der Waals surface area contributed by atoms with Gasteiger partial charge in [0.15, 0.2) is 0 Å². The molecule has 1 aliphatic heterocycles. The number of rotatable bonds is 6. The monoisotopic (exact) mass is 428 g/mol. The van der Waals surface area contributed by atoms with Gasteiger partial charge < -0.3 is 19.4 Å². The van der Waals surface area contributed by atoms with E-state index < -0.39 is 24.4 Å². The number of carbonyl (C=O) groups is 1. The summed E-state index contributed by atoms with van der Waals surface area (Å²) < 4.78 is 17.6. The number of alkyl carbamates (subject to hydrolysis) is 1. The van der Waals surface area contributed by atoms with Crippen LogP contribution in [-0.2, 0) is 20.7 Å². The zero-order valence-corrected chi connectivity index (χ0v) is 18.4. The van der Waals surface area contributed by atoms with Crippen molar-refractivity contribution < 1.29 is 18.8 Å². The molecule has 6 nitrogen and oxygen atoms in total. The van der Waals surface area contributed by atoms with Gasteiger partial charge in [0, 0.05) is 18.9 Å². The summed E-state index contributed by atoms with van der Waals surface area (Å²) >= 11 is 6.06. The molecule has 2 aromatic rings. The molecule has 2 heterocycles. The number of benzene rings is 1. The topological polar surface area (TPSA) is 69.7 Å². The summed E-state index contributed by atoms with van der Waals surface area (Å²) in [5, 5.41) is 3.30. The van der Waals surface area contributed by atoms with Crippen molar-refractivity contribution in [2.24, 2.45) is 0 Å². The van der Waals surface area contributed by atoms with Crippen LogP contribution in [0.25, 0.3) is 6.08 Å². The predicted octanol–water partition coefficient (Wildman–Crippen LogP) is 4.68. The van der Waals surface area contributed by atoms with Crippen LogP contribution in [0.4, 0.5) is 4.79 Å². The van der Waals surface area contributed by atoms with Crippen LogP contribution < -0.4 is 5.32 Å². The number of nitrogens with zero attached hydrogens (tertiary/aromatic N) is 1. The zero-order valence-electron chi connectivity index (χ0n) is 17.6. The summed E-state index contributed by atoms with van der Waals surface area (Å²) in [5.74, 6) is 0. The van der Waals surface area contributed by atoms with Gasteiger partial charge in [-0.25, -0.2) is 4.79 Å². The molecule has 0 radical (unpaired) electrons. The van der Waals surface area contributed by atoms with Crippen LogP contribution in [0.5, 0.6) is 0 Å². The molecular weight excluding hydrogens is 403 g/mol. The van der Waals surface area contributed by atoms with Crippen molar-refractivity contribution in [3.05, 3.63) is 70.4 Å². The van der Waals surface area contributed by atoms with Crippen LogP contribution in [0.15, 0.2) is 54.3 Å². The van der Waals surface area contributed by atoms with Crippen LogP contribution in [0.2, 0.25) is 5.02 Å². The molecule has 1 fully saturated rings. The maximum absolute atomic E-state index is 12.2. The predicted molar refractivity (Wildman–Crippen MR) is 118 cm³/mol. The van der Waals surface area contributed by atoms with Crippen molar-refractivity contribution in [1.29, 1.82) is 0 Å². The van der Waals surface area contributed by atoms with E-state index in [2.05, 4.69) is 10.3 Å². The number of halogens is 1. The van der Waals surface area contributed by atoms with Crippen molar-refractivity contribution in [2.45, 2.75) is 45.5 Å². The number of ether oxygens (including phenoxy) is 1. The Morgan fingerprint density at radius 3 is 2.47 bits per heavy atom. The summed E-state index contributed by atoms with van der Waals surface area (Å²) in [7, 11) is -0.622. The Balaban J connectivity index is 1.71. The van der Waals surface area contributed by atoms with E-state index in [1.165, 1.54) is 0 Å². The lowest BCUT2D eigenvalue weighted by molar-refractivity contribution is 0.00578. The second kappa shape index (κ2) is 9.21. The Hall–Kier alpha value is -2.35. The number of aromatic nitrogens is 1. The van der Waals surface area contributed by atoms with E-state index in [0.717, 1.165) is 16.6 Å². The summed E-state index contributed by atoms with van der Waals surface area (Å²) in [4.78, 5) is 16.3. The lowest BCUT2D eigenvalue weighted by Crippen LogP contribution is -2.41. The Labute approximate surface area is 182 Å². The Kier molecular flexibility index (Phi) is 6.86. The van der Waals surface area contributed by atoms with Gasteiger partial charge in [0.1, 0.15) is 6.61 Å². The minimum Gasteiger partial charge on any atom is -0.445 e. The molecule has 158 valence electrons. The smallest absolute Gasteiger partial charge is 0.445 e. The molecule has 1 aromatic heterocycles. The number of hydrogen-bond acceptors (Lipinski definition) is 5. The second-order valence-corrected chi connectivity index (χ2v) is 8.60. The van der Waals surface area contributed by atoms with Crippen molar-refractivity contribution in [3.63, 3.8) is 0 Å². The van der Waals surface area contributed by atoms with E-state index in [4.69, 9.17) is 25.6 Å². The molecule has 0 spiro atoms. The van der Waals surface area contributed by atoms with Crippen LogP contribution >= 0.6 is 11.6 Å². The SMILES string of the molecule is CC1(C)OB(C(=Cc2cncc(Cl)c2)CNC(=O)OCc2ccccc2)OC1(C)C. The molecule has 0 bridgehead atoms. The van der Waals surface area contributed by atoms with Crippen molar-refractivity contribution in [3.8, 4) is 0 Å². The molecule has 0 saturated carbocycles. The van der Waals surface area contributed by atoms with Crippen LogP contribution in [-0.4, -0.2) is 35.9 Å². The average Bonchev–Trinajstić information content (AvgIpc) is 2.91. The first-order chi connectivity index (χ1) is 14.2. The minimum absolute atomic E-state index is 0.191. The fourth-order valence-corrected chi connectivity index (χ4v) is 3.05. The molecule has 0 unspecified atom stereocenters. The third-order valence-electron chi connectivity index (χ3n) is 5.28. The molecule has 3 rings (SSSR count). The first kappa shape index (κ1) is 22.3. The number of pyridine rings is 1. The maximum atomic E-state index is 12.2. The van der Waals surface area contributed by atoms with Crippen molar-refractivity contribution >= 4 is 30.9 Å². The summed E-state index contributed by atoms with van der Waals surface area (Å²) in [5.41, 5.74) is 1.43. The summed E-state index contributed by atoms with van der Waals surface area (Å²) in [6.45, 7) is 8.30. The lowest BCUT2D eigenvalue weighted by atomic mass is 9.77. The van der Waals surface area contributed by atoms with Gasteiger partial charge >= 0.3 is 13.2 Å². The average molecular weight is 429 g/mol. The van der Waals surface area contributed by atoms with E-state index in [-0.39, 0.29) is 13.2 Å². The molecule has 1 saturated heterocycles. The van der Waals surface area contributed by atoms with Gasteiger partial charge in [-0.05, 0) is 50.4 Å². The highest BCUT2D eigenvalue weighted by atomic mass is 35.5. The molecular formula is C22H26BClN2O4. The van der Waals surface area contributed by atoms with Crippen LogP contribution in [0.3, 0.4) is 0 Å². The standard InChI is InChI=1S/C22H26BClN2O4/c1-21(2)22(3,4)30-23(29-21)18(10-17-11-19(24)14-25-12-17)13-26-20(27)28-15-16-8-6-5-7-9-16/h5-12,14H,13,15H2,1-4H3,(H,26,27). The van der Waals surface area contributed by atoms with Gasteiger partial charge in [0.25, 0.3) is 0 Å². The number of carbonyl (C=O) groups excluding carboxylic acids is 1. The molecule has 0 atom stereocenters. The molecule has 1 aliphatic rings. The molecule has 1 amide bonds. The summed E-state index contributed by atoms with van der Waals surface area (Å²) in [6.07, 6.45) is 4.58. The van der Waals surface area contributed by atoms with Gasteiger partial charge in [0.05, 0.1) is 16.2 Å². The largest absolute Gasteiger partial charge is 0.492 e. The molecule has 1 aromatic carbocycles. The van der Waals surface area contributed by atoms with Gasteiger partial charge in [-0.1, -0.05) is 48.0 Å². The highest BCUT2D eigenvalue weighted by Gasteiger charge is 2.52. The van der Waals surface area contributed by atoms with Gasteiger partial charge in [-0.3, -0.25) is 4.98 Å². The third-order valence-corrected chi connectivity index (χ3v) is 5.49. The maximum Gasteiger partial charge on any atom is 0.492 e. The van der Waals surface area contributed by atoms with Crippen LogP contribution in [0, 0.1) is 0 Å². The first-order valence-electron chi connectivity index (χ1n) is 9.77. The Morgan fingerprint density at radius 1 is 1.17 bits per heavy atom. The molecule has 8 heteroatoms. The van der Waals surface area contributed by atoms with Gasteiger partial charge in [-0.2, -0.15) is 0 Å². The van der Waals surface area contributed by atoms with Gasteiger partial charge in [0.2, 0.25) is 0 Å². The fourth-order valence-electron chi connectivity index (χ4n) is 2.87. The molecule has 30 heavy (non-hydrogen) atoms. The van der Waals surface area contributed by atoms with E-state index in [0.29, 0.717) is 5.02 Å². The number of hydrogen-bond donors (Lipinski definition) is 1. The minimum atomic E-state index is -0.622. The van der Waals surface area contributed by atoms with E-state index in [9.17, 15) is 4.79 Å². The highest BCUT2D eigenvalue weighted by molar-refractivity contribution is 6.56. The lowest BCUT2D eigenvalue weighted by Gasteiger charge is -2.32. The first-order valence-corrected chi connectivity index (χ1v) is 10.2. The van der Waals surface area contributed by atoms with Gasteiger partial charge in [-0.15, -0.1) is 0 Å². The number of nitrogens with one attached hydrogen (secondary N) is 1. The van der Waals surface area contributed by atoms with Crippen molar-refractivity contribution in [2.75, 3.05) is 6.54 Å². The Morgan fingerprint density at radius 2 is 1.83 bits per heavy atom. The zero-order chi connectivity index (χ0) is 21.8. The van der Waals surface area contributed by atoms with E-state index in [1.807, 2.05) is 64.1 Å². The normalized spacial score (nSPS) is 17.6. The van der Waals surface area contributed by atoms with E-state index in [1.54, 1.807) is 18.5 Å².